The summed E-state index contributed by atoms with van der Waals surface area (Å²) in [5.41, 5.74) is 2.38. The summed E-state index contributed by atoms with van der Waals surface area (Å²) in [6.45, 7) is 16.5. The Morgan fingerprint density at radius 1 is 1.35 bits per heavy atom. The summed E-state index contributed by atoms with van der Waals surface area (Å²) in [4.78, 5) is 0. The van der Waals surface area contributed by atoms with E-state index in [1.165, 1.54) is 18.3 Å². The Balaban J connectivity index is 2.13. The van der Waals surface area contributed by atoms with Crippen molar-refractivity contribution in [2.24, 2.45) is 11.3 Å². The number of hydrogen-bond donors (Lipinski definition) is 0. The molecule has 112 valence electrons. The molecule has 0 N–H and O–H groups in total. The van der Waals surface area contributed by atoms with Gasteiger partial charge in [0, 0.05) is 12.7 Å². The molecule has 1 fully saturated rings. The van der Waals surface area contributed by atoms with E-state index in [1.807, 2.05) is 4.68 Å². The third-order valence-corrected chi connectivity index (χ3v) is 5.37. The molecule has 0 aromatic carbocycles. The number of rotatable bonds is 6. The van der Waals surface area contributed by atoms with E-state index >= 15 is 0 Å². The first kappa shape index (κ1) is 15.6. The van der Waals surface area contributed by atoms with Crippen LogP contribution in [-0.4, -0.2) is 22.3 Å². The summed E-state index contributed by atoms with van der Waals surface area (Å²) < 4.78 is 8.46. The van der Waals surface area contributed by atoms with Gasteiger partial charge in [0.2, 0.25) is 0 Å². The third kappa shape index (κ3) is 2.81. The van der Waals surface area contributed by atoms with Crippen molar-refractivity contribution in [2.45, 2.75) is 73.4 Å². The molecule has 1 saturated carbocycles. The second kappa shape index (κ2) is 5.21. The van der Waals surface area contributed by atoms with E-state index in [4.69, 9.17) is 4.65 Å². The minimum absolute atomic E-state index is 0.0864. The largest absolute Gasteiger partial charge is 0.426 e. The van der Waals surface area contributed by atoms with Crippen LogP contribution in [0.3, 0.4) is 0 Å². The molecular weight excluding hydrogens is 247 g/mol. The molecule has 1 heterocycles. The first-order valence-corrected chi connectivity index (χ1v) is 7.90. The molecule has 20 heavy (non-hydrogen) atoms. The average Bonchev–Trinajstić information content (AvgIpc) is 3.12. The second-order valence-corrected chi connectivity index (χ2v) is 7.29. The van der Waals surface area contributed by atoms with Gasteiger partial charge in [-0.1, -0.05) is 20.7 Å². The van der Waals surface area contributed by atoms with Gasteiger partial charge >= 0.3 is 6.92 Å². The molecule has 1 aromatic heterocycles. The van der Waals surface area contributed by atoms with Crippen LogP contribution in [0.25, 0.3) is 0 Å². The van der Waals surface area contributed by atoms with Crippen LogP contribution in [-0.2, 0) is 11.2 Å². The summed E-state index contributed by atoms with van der Waals surface area (Å²) in [7, 11) is 0. The first-order valence-electron chi connectivity index (χ1n) is 7.90. The lowest BCUT2D eigenvalue weighted by molar-refractivity contribution is -0.0254. The Morgan fingerprint density at radius 2 is 1.95 bits per heavy atom. The van der Waals surface area contributed by atoms with Gasteiger partial charge in [-0.25, -0.2) is 0 Å². The van der Waals surface area contributed by atoms with Crippen molar-refractivity contribution < 1.29 is 4.65 Å². The number of nitrogens with zero attached hydrogens (tertiary/aromatic N) is 2. The van der Waals surface area contributed by atoms with Crippen LogP contribution < -0.4 is 5.46 Å². The molecular formula is C16H29BN2O. The van der Waals surface area contributed by atoms with E-state index in [0.29, 0.717) is 0 Å². The quantitative estimate of drug-likeness (QED) is 0.746. The molecule has 0 amide bonds. The fourth-order valence-electron chi connectivity index (χ4n) is 3.05. The van der Waals surface area contributed by atoms with Crippen LogP contribution in [0.4, 0.5) is 0 Å². The zero-order chi connectivity index (χ0) is 15.1. The zero-order valence-electron chi connectivity index (χ0n) is 14.2. The van der Waals surface area contributed by atoms with Crippen molar-refractivity contribution in [3.05, 3.63) is 11.9 Å². The van der Waals surface area contributed by atoms with Crippen molar-refractivity contribution in [1.29, 1.82) is 0 Å². The molecule has 4 heteroatoms. The fraction of sp³-hybridized carbons (Fsp3) is 0.812. The lowest BCUT2D eigenvalue weighted by Gasteiger charge is -2.43. The lowest BCUT2D eigenvalue weighted by atomic mass is 9.61. The van der Waals surface area contributed by atoms with Gasteiger partial charge in [0.05, 0.1) is 11.3 Å². The van der Waals surface area contributed by atoms with E-state index in [2.05, 4.69) is 59.7 Å². The van der Waals surface area contributed by atoms with Gasteiger partial charge in [0.15, 0.2) is 0 Å². The molecule has 0 bridgehead atoms. The van der Waals surface area contributed by atoms with Crippen molar-refractivity contribution in [3.63, 3.8) is 0 Å². The molecule has 0 spiro atoms. The van der Waals surface area contributed by atoms with E-state index in [9.17, 15) is 0 Å². The monoisotopic (exact) mass is 276 g/mol. The lowest BCUT2D eigenvalue weighted by Crippen LogP contribution is -2.49. The van der Waals surface area contributed by atoms with E-state index in [0.717, 1.165) is 18.2 Å². The highest BCUT2D eigenvalue weighted by molar-refractivity contribution is 6.66. The molecule has 1 aromatic rings. The molecule has 1 aliphatic carbocycles. The summed E-state index contributed by atoms with van der Waals surface area (Å²) in [6.07, 6.45) is 4.82. The third-order valence-electron chi connectivity index (χ3n) is 5.37. The van der Waals surface area contributed by atoms with Crippen LogP contribution in [0.15, 0.2) is 6.20 Å². The Hall–Kier alpha value is -0.765. The van der Waals surface area contributed by atoms with Crippen LogP contribution in [0, 0.1) is 18.3 Å². The Kier molecular flexibility index (Phi) is 4.07. The maximum absolute atomic E-state index is 6.48. The second-order valence-electron chi connectivity index (χ2n) is 7.29. The van der Waals surface area contributed by atoms with Gasteiger partial charge in [-0.3, -0.25) is 4.68 Å². The van der Waals surface area contributed by atoms with Gasteiger partial charge < -0.3 is 4.65 Å². The predicted molar refractivity (Wildman–Crippen MR) is 85.6 cm³/mol. The van der Waals surface area contributed by atoms with Crippen LogP contribution in [0.1, 0.15) is 53.2 Å². The van der Waals surface area contributed by atoms with E-state index < -0.39 is 0 Å². The Bertz CT molecular complexity index is 475. The normalized spacial score (nSPS) is 16.6. The summed E-state index contributed by atoms with van der Waals surface area (Å²) in [6, 6.07) is 0. The van der Waals surface area contributed by atoms with Crippen molar-refractivity contribution >= 4 is 12.4 Å². The molecule has 0 aliphatic heterocycles. The molecule has 0 atom stereocenters. The average molecular weight is 276 g/mol. The van der Waals surface area contributed by atoms with Crippen molar-refractivity contribution in [2.75, 3.05) is 0 Å². The standard InChI is InChI=1S/C16H29BN2O/c1-8-19-11-14(12(2)18-19)17(7)20-16(5,6)15(3,4)13-9-10-13/h11,13H,8-10H2,1-7H3. The maximum atomic E-state index is 6.48. The van der Waals surface area contributed by atoms with Crippen LogP contribution in [0.2, 0.25) is 6.82 Å². The van der Waals surface area contributed by atoms with Gasteiger partial charge in [-0.2, -0.15) is 5.10 Å². The fourth-order valence-corrected chi connectivity index (χ4v) is 3.05. The molecule has 2 rings (SSSR count). The topological polar surface area (TPSA) is 27.1 Å². The Labute approximate surface area is 124 Å². The number of aryl methyl sites for hydroxylation is 2. The van der Waals surface area contributed by atoms with Crippen molar-refractivity contribution in [3.8, 4) is 0 Å². The smallest absolute Gasteiger partial charge is 0.327 e. The molecule has 0 radical (unpaired) electrons. The van der Waals surface area contributed by atoms with Crippen LogP contribution >= 0.6 is 0 Å². The van der Waals surface area contributed by atoms with Gasteiger partial charge in [-0.15, -0.1) is 0 Å². The van der Waals surface area contributed by atoms with Gasteiger partial charge in [0.25, 0.3) is 0 Å². The highest BCUT2D eigenvalue weighted by Gasteiger charge is 2.49. The first-order chi connectivity index (χ1) is 9.19. The van der Waals surface area contributed by atoms with E-state index in [-0.39, 0.29) is 17.9 Å². The summed E-state index contributed by atoms with van der Waals surface area (Å²) in [5.74, 6) is 0.809. The van der Waals surface area contributed by atoms with Crippen LogP contribution in [0.5, 0.6) is 0 Å². The van der Waals surface area contributed by atoms with Gasteiger partial charge in [-0.05, 0) is 57.3 Å². The van der Waals surface area contributed by atoms with Gasteiger partial charge in [0.1, 0.15) is 0 Å². The van der Waals surface area contributed by atoms with E-state index in [1.54, 1.807) is 0 Å². The summed E-state index contributed by atoms with van der Waals surface area (Å²) >= 11 is 0. The highest BCUT2D eigenvalue weighted by atomic mass is 16.5. The number of aromatic nitrogens is 2. The number of hydrogen-bond acceptors (Lipinski definition) is 2. The Morgan fingerprint density at radius 3 is 2.40 bits per heavy atom. The minimum Gasteiger partial charge on any atom is -0.426 e. The SMILES string of the molecule is CCn1cc(B(C)OC(C)(C)C(C)(C)C2CC2)c(C)n1. The molecule has 0 saturated heterocycles. The molecule has 1 aliphatic rings. The molecule has 3 nitrogen and oxygen atoms in total. The predicted octanol–water partition coefficient (Wildman–Crippen LogP) is 3.27. The summed E-state index contributed by atoms with van der Waals surface area (Å²) in [5, 5.41) is 4.53. The maximum Gasteiger partial charge on any atom is 0.327 e. The molecule has 0 unspecified atom stereocenters. The zero-order valence-corrected chi connectivity index (χ0v) is 14.2. The van der Waals surface area contributed by atoms with Crippen molar-refractivity contribution in [1.82, 2.24) is 9.78 Å². The minimum atomic E-state index is -0.131. The highest BCUT2D eigenvalue weighted by Crippen LogP contribution is 2.52.